The highest BCUT2D eigenvalue weighted by atomic mass is 32.1. The molecule has 3 N–H and O–H groups in total. The molecule has 0 atom stereocenters. The molecule has 1 saturated heterocycles. The van der Waals surface area contributed by atoms with E-state index in [2.05, 4.69) is 9.88 Å². The van der Waals surface area contributed by atoms with Gasteiger partial charge in [-0.3, -0.25) is 19.1 Å². The van der Waals surface area contributed by atoms with E-state index >= 15 is 0 Å². The molecule has 0 spiro atoms. The van der Waals surface area contributed by atoms with Crippen LogP contribution in [0, 0.1) is 4.77 Å². The monoisotopic (exact) mass is 421 g/mol. The Morgan fingerprint density at radius 2 is 1.57 bits per heavy atom. The Kier molecular flexibility index (Phi) is 5.78. The number of rotatable bonds is 5. The van der Waals surface area contributed by atoms with Crippen LogP contribution in [0.3, 0.4) is 0 Å². The second-order valence-electron chi connectivity index (χ2n) is 7.31. The molecule has 0 aliphatic carbocycles. The quantitative estimate of drug-likeness (QED) is 0.620. The summed E-state index contributed by atoms with van der Waals surface area (Å²) in [7, 11) is 0. The standard InChI is InChI=1S/C22H23N5O2S/c23-20(28)17-3-1-16(2-4-17)15-25-11-13-26(14-12-25)21(29)18-5-7-19(8-6-18)27-10-9-24-22(27)30/h1-10H,11-15H2,(H2,23,28)(H,24,30). The number of benzene rings is 2. The molecule has 0 radical (unpaired) electrons. The number of carbonyl (C=O) groups is 2. The molecule has 1 aliphatic heterocycles. The lowest BCUT2D eigenvalue weighted by molar-refractivity contribution is 0.0628. The Labute approximate surface area is 179 Å². The first-order valence-electron chi connectivity index (χ1n) is 9.78. The van der Waals surface area contributed by atoms with Crippen LogP contribution in [0.4, 0.5) is 0 Å². The summed E-state index contributed by atoms with van der Waals surface area (Å²) in [5.41, 5.74) is 8.52. The van der Waals surface area contributed by atoms with E-state index in [1.54, 1.807) is 18.3 Å². The van der Waals surface area contributed by atoms with Crippen molar-refractivity contribution in [2.24, 2.45) is 5.73 Å². The highest BCUT2D eigenvalue weighted by Gasteiger charge is 2.22. The SMILES string of the molecule is NC(=O)c1ccc(CN2CCN(C(=O)c3ccc(-n4cc[nH]c4=S)cc3)CC2)cc1. The van der Waals surface area contributed by atoms with Crippen molar-refractivity contribution in [2.75, 3.05) is 26.2 Å². The Hall–Kier alpha value is -3.23. The van der Waals surface area contributed by atoms with Gasteiger partial charge in [0.2, 0.25) is 5.91 Å². The topological polar surface area (TPSA) is 87.4 Å². The van der Waals surface area contributed by atoms with Crippen LogP contribution >= 0.6 is 12.2 Å². The maximum absolute atomic E-state index is 12.9. The van der Waals surface area contributed by atoms with Gasteiger partial charge in [-0.25, -0.2) is 0 Å². The first kappa shape index (κ1) is 20.1. The lowest BCUT2D eigenvalue weighted by Crippen LogP contribution is -2.48. The summed E-state index contributed by atoms with van der Waals surface area (Å²) in [5, 5.41) is 0. The van der Waals surface area contributed by atoms with Gasteiger partial charge in [0.15, 0.2) is 4.77 Å². The number of aromatic nitrogens is 2. The first-order chi connectivity index (χ1) is 14.5. The predicted octanol–water partition coefficient (Wildman–Crippen LogP) is 2.59. The summed E-state index contributed by atoms with van der Waals surface area (Å²) in [6.07, 6.45) is 3.65. The molecule has 4 rings (SSSR count). The average molecular weight is 422 g/mol. The summed E-state index contributed by atoms with van der Waals surface area (Å²) < 4.78 is 2.48. The molecule has 0 bridgehead atoms. The van der Waals surface area contributed by atoms with Crippen LogP contribution in [-0.2, 0) is 6.54 Å². The molecule has 2 aromatic carbocycles. The van der Waals surface area contributed by atoms with Crippen molar-refractivity contribution in [1.82, 2.24) is 19.4 Å². The molecule has 1 aromatic heterocycles. The molecule has 8 heteroatoms. The first-order valence-corrected chi connectivity index (χ1v) is 10.2. The summed E-state index contributed by atoms with van der Waals surface area (Å²) in [5.74, 6) is -0.373. The van der Waals surface area contributed by atoms with E-state index in [0.717, 1.165) is 30.9 Å². The maximum atomic E-state index is 12.9. The minimum Gasteiger partial charge on any atom is -0.366 e. The normalized spacial score (nSPS) is 14.6. The number of nitrogens with two attached hydrogens (primary N) is 1. The average Bonchev–Trinajstić information content (AvgIpc) is 3.20. The van der Waals surface area contributed by atoms with Crippen molar-refractivity contribution in [3.63, 3.8) is 0 Å². The number of carbonyl (C=O) groups excluding carboxylic acids is 2. The van der Waals surface area contributed by atoms with Crippen LogP contribution in [0.5, 0.6) is 0 Å². The minimum atomic E-state index is -0.419. The molecule has 2 amide bonds. The largest absolute Gasteiger partial charge is 0.366 e. The third kappa shape index (κ3) is 4.34. The molecule has 0 unspecified atom stereocenters. The third-order valence-electron chi connectivity index (χ3n) is 5.35. The Morgan fingerprint density at radius 3 is 2.13 bits per heavy atom. The van der Waals surface area contributed by atoms with Gasteiger partial charge in [0, 0.05) is 61.9 Å². The van der Waals surface area contributed by atoms with Gasteiger partial charge in [-0.1, -0.05) is 12.1 Å². The number of amides is 2. The molecule has 0 saturated carbocycles. The van der Waals surface area contributed by atoms with E-state index in [0.29, 0.717) is 29.0 Å². The molecule has 3 aromatic rings. The fraction of sp³-hybridized carbons (Fsp3) is 0.227. The summed E-state index contributed by atoms with van der Waals surface area (Å²) in [6, 6.07) is 14.9. The second-order valence-corrected chi connectivity index (χ2v) is 7.70. The number of hydrogen-bond acceptors (Lipinski definition) is 4. The van der Waals surface area contributed by atoms with Crippen LogP contribution in [-0.4, -0.2) is 57.3 Å². The number of primary amides is 1. The van der Waals surface area contributed by atoms with Gasteiger partial charge >= 0.3 is 0 Å². The van der Waals surface area contributed by atoms with Gasteiger partial charge < -0.3 is 15.6 Å². The van der Waals surface area contributed by atoms with Crippen molar-refractivity contribution in [1.29, 1.82) is 0 Å². The number of hydrogen-bond donors (Lipinski definition) is 2. The molecular formula is C22H23N5O2S. The number of nitrogens with one attached hydrogen (secondary N) is 1. The van der Waals surface area contributed by atoms with Gasteiger partial charge in [0.25, 0.3) is 5.91 Å². The zero-order chi connectivity index (χ0) is 21.1. The van der Waals surface area contributed by atoms with Crippen LogP contribution in [0.1, 0.15) is 26.3 Å². The van der Waals surface area contributed by atoms with Crippen molar-refractivity contribution in [2.45, 2.75) is 6.54 Å². The lowest BCUT2D eigenvalue weighted by Gasteiger charge is -2.34. The molecule has 1 aliphatic rings. The maximum Gasteiger partial charge on any atom is 0.253 e. The predicted molar refractivity (Wildman–Crippen MR) is 117 cm³/mol. The van der Waals surface area contributed by atoms with Crippen molar-refractivity contribution in [3.8, 4) is 5.69 Å². The Balaban J connectivity index is 1.33. The summed E-state index contributed by atoms with van der Waals surface area (Å²) in [4.78, 5) is 31.2. The Bertz CT molecular complexity index is 1090. The zero-order valence-electron chi connectivity index (χ0n) is 16.5. The number of aromatic amines is 1. The fourth-order valence-electron chi connectivity index (χ4n) is 3.61. The van der Waals surface area contributed by atoms with Gasteiger partial charge in [-0.15, -0.1) is 0 Å². The van der Waals surface area contributed by atoms with E-state index in [9.17, 15) is 9.59 Å². The van der Waals surface area contributed by atoms with Crippen molar-refractivity contribution in [3.05, 3.63) is 82.4 Å². The zero-order valence-corrected chi connectivity index (χ0v) is 17.3. The second kappa shape index (κ2) is 8.64. The van der Waals surface area contributed by atoms with E-state index in [-0.39, 0.29) is 5.91 Å². The number of piperazine rings is 1. The molecule has 154 valence electrons. The van der Waals surface area contributed by atoms with Gasteiger partial charge in [0.1, 0.15) is 0 Å². The van der Waals surface area contributed by atoms with Crippen LogP contribution in [0.2, 0.25) is 0 Å². The smallest absolute Gasteiger partial charge is 0.253 e. The third-order valence-corrected chi connectivity index (χ3v) is 5.66. The van der Waals surface area contributed by atoms with Crippen molar-refractivity contribution < 1.29 is 9.59 Å². The van der Waals surface area contributed by atoms with Gasteiger partial charge in [0.05, 0.1) is 0 Å². The van der Waals surface area contributed by atoms with E-state index < -0.39 is 5.91 Å². The van der Waals surface area contributed by atoms with E-state index in [1.807, 2.05) is 52.1 Å². The molecule has 1 fully saturated rings. The van der Waals surface area contributed by atoms with Gasteiger partial charge in [-0.2, -0.15) is 0 Å². The summed E-state index contributed by atoms with van der Waals surface area (Å²) in [6.45, 7) is 3.76. The number of H-pyrrole nitrogens is 1. The lowest BCUT2D eigenvalue weighted by atomic mass is 10.1. The number of nitrogens with zero attached hydrogens (tertiary/aromatic N) is 3. The van der Waals surface area contributed by atoms with E-state index in [4.69, 9.17) is 18.0 Å². The van der Waals surface area contributed by atoms with E-state index in [1.165, 1.54) is 0 Å². The number of imidazole rings is 1. The van der Waals surface area contributed by atoms with Crippen molar-refractivity contribution >= 4 is 24.0 Å². The minimum absolute atomic E-state index is 0.0460. The van der Waals surface area contributed by atoms with Gasteiger partial charge in [-0.05, 0) is 54.2 Å². The molecular weight excluding hydrogens is 398 g/mol. The van der Waals surface area contributed by atoms with Crippen LogP contribution < -0.4 is 5.73 Å². The molecule has 2 heterocycles. The molecule has 7 nitrogen and oxygen atoms in total. The fourth-order valence-corrected chi connectivity index (χ4v) is 3.85. The van der Waals surface area contributed by atoms with Crippen LogP contribution in [0.15, 0.2) is 60.9 Å². The highest BCUT2D eigenvalue weighted by Crippen LogP contribution is 2.15. The van der Waals surface area contributed by atoms with Crippen LogP contribution in [0.25, 0.3) is 5.69 Å². The summed E-state index contributed by atoms with van der Waals surface area (Å²) >= 11 is 5.24. The Morgan fingerprint density at radius 1 is 0.933 bits per heavy atom. The molecule has 30 heavy (non-hydrogen) atoms. The highest BCUT2D eigenvalue weighted by molar-refractivity contribution is 7.71.